The molecule has 4 N–H and O–H groups in total. The summed E-state index contributed by atoms with van der Waals surface area (Å²) in [6, 6.07) is 2.08. The first-order valence-electron chi connectivity index (χ1n) is 8.13. The van der Waals surface area contributed by atoms with E-state index in [1.807, 2.05) is 0 Å². The number of nitrogens with two attached hydrogens (primary N) is 1. The van der Waals surface area contributed by atoms with Crippen LogP contribution in [-0.2, 0) is 24.0 Å². The van der Waals surface area contributed by atoms with E-state index in [9.17, 15) is 24.3 Å². The third kappa shape index (κ3) is 3.89. The third-order valence-corrected chi connectivity index (χ3v) is 5.42. The van der Waals surface area contributed by atoms with Crippen LogP contribution in [0.1, 0.15) is 5.76 Å². The molecule has 2 aliphatic rings. The zero-order valence-electron chi connectivity index (χ0n) is 15.0. The van der Waals surface area contributed by atoms with Crippen molar-refractivity contribution >= 4 is 41.4 Å². The highest BCUT2D eigenvalue weighted by atomic mass is 32.2. The third-order valence-electron chi connectivity index (χ3n) is 4.08. The monoisotopic (exact) mass is 424 g/mol. The summed E-state index contributed by atoms with van der Waals surface area (Å²) in [6.07, 6.45) is 0.290. The van der Waals surface area contributed by atoms with Crippen molar-refractivity contribution in [1.29, 1.82) is 0 Å². The zero-order chi connectivity index (χ0) is 21.1. The van der Waals surface area contributed by atoms with Gasteiger partial charge in [0, 0.05) is 11.3 Å². The molecule has 0 aromatic carbocycles. The van der Waals surface area contributed by atoms with Gasteiger partial charge in [-0.15, -0.1) is 11.8 Å². The molecule has 2 aliphatic heterocycles. The number of oxime groups is 1. The van der Waals surface area contributed by atoms with Gasteiger partial charge < -0.3 is 30.1 Å². The maximum atomic E-state index is 12.6. The first-order chi connectivity index (χ1) is 13.8. The lowest BCUT2D eigenvalue weighted by Gasteiger charge is -2.49. The van der Waals surface area contributed by atoms with Crippen LogP contribution < -0.4 is 11.1 Å². The number of primary amides is 1. The highest BCUT2D eigenvalue weighted by molar-refractivity contribution is 8.00. The second kappa shape index (κ2) is 8.26. The van der Waals surface area contributed by atoms with Crippen LogP contribution >= 0.6 is 11.8 Å². The molecule has 29 heavy (non-hydrogen) atoms. The molecule has 1 aromatic rings. The minimum Gasteiger partial charge on any atom is -0.477 e. The molecule has 0 bridgehead atoms. The molecule has 0 radical (unpaired) electrons. The Morgan fingerprint density at radius 3 is 2.83 bits per heavy atom. The predicted octanol–water partition coefficient (Wildman–Crippen LogP) is -0.536. The van der Waals surface area contributed by atoms with Crippen LogP contribution in [0.4, 0.5) is 4.79 Å². The van der Waals surface area contributed by atoms with Gasteiger partial charge in [0.1, 0.15) is 30.8 Å². The van der Waals surface area contributed by atoms with Gasteiger partial charge in [-0.2, -0.15) is 0 Å². The highest BCUT2D eigenvalue weighted by Gasteiger charge is 2.54. The van der Waals surface area contributed by atoms with E-state index >= 15 is 0 Å². The van der Waals surface area contributed by atoms with Gasteiger partial charge in [-0.3, -0.25) is 14.5 Å². The van der Waals surface area contributed by atoms with Gasteiger partial charge in [0.25, 0.3) is 11.8 Å². The van der Waals surface area contributed by atoms with Crippen molar-refractivity contribution in [2.24, 2.45) is 10.9 Å². The molecule has 0 saturated carbocycles. The molecule has 3 rings (SSSR count). The van der Waals surface area contributed by atoms with Gasteiger partial charge in [-0.1, -0.05) is 5.16 Å². The van der Waals surface area contributed by atoms with E-state index in [4.69, 9.17) is 10.2 Å². The van der Waals surface area contributed by atoms with Crippen LogP contribution in [0.2, 0.25) is 0 Å². The summed E-state index contributed by atoms with van der Waals surface area (Å²) < 4.78 is 9.79. The normalized spacial score (nSPS) is 21.2. The van der Waals surface area contributed by atoms with E-state index in [2.05, 4.69) is 20.0 Å². The summed E-state index contributed by atoms with van der Waals surface area (Å²) in [4.78, 5) is 53.3. The van der Waals surface area contributed by atoms with Gasteiger partial charge in [0.2, 0.25) is 5.71 Å². The van der Waals surface area contributed by atoms with Crippen molar-refractivity contribution < 1.29 is 38.3 Å². The summed E-state index contributed by atoms with van der Waals surface area (Å²) in [5.74, 6) is -2.38. The number of carbonyl (C=O) groups excluding carboxylic acids is 3. The Balaban J connectivity index is 1.77. The molecule has 0 aliphatic carbocycles. The number of thioether (sulfide) groups is 1. The molecule has 3 heterocycles. The van der Waals surface area contributed by atoms with Crippen molar-refractivity contribution in [3.63, 3.8) is 0 Å². The number of nitrogens with zero attached hydrogens (tertiary/aromatic N) is 2. The first kappa shape index (κ1) is 20.3. The van der Waals surface area contributed by atoms with E-state index in [1.165, 1.54) is 31.2 Å². The number of carboxylic acid groups (broad SMARTS) is 1. The van der Waals surface area contributed by atoms with Crippen LogP contribution in [0.5, 0.6) is 0 Å². The first-order valence-corrected chi connectivity index (χ1v) is 9.18. The number of amides is 3. The van der Waals surface area contributed by atoms with Crippen LogP contribution in [-0.4, -0.2) is 70.5 Å². The Hall–Kier alpha value is -3.48. The van der Waals surface area contributed by atoms with E-state index in [1.54, 1.807) is 6.07 Å². The topological polar surface area (TPSA) is 174 Å². The fraction of sp³-hybridized carbons (Fsp3) is 0.312. The lowest BCUT2D eigenvalue weighted by Crippen LogP contribution is -2.71. The average molecular weight is 424 g/mol. The van der Waals surface area contributed by atoms with E-state index in [0.717, 1.165) is 4.90 Å². The van der Waals surface area contributed by atoms with Crippen LogP contribution in [0.15, 0.2) is 39.2 Å². The molecule has 1 aromatic heterocycles. The Morgan fingerprint density at radius 1 is 1.48 bits per heavy atom. The van der Waals surface area contributed by atoms with Gasteiger partial charge in [0.15, 0.2) is 5.76 Å². The molecule has 3 amide bonds. The SMILES string of the molecule is CON=C(C(=O)NC1C(=O)N2C(C(=O)O)=C(COC(N)=O)CS[C@@H]12)c1ccco1. The van der Waals surface area contributed by atoms with Crippen molar-refractivity contribution in [2.45, 2.75) is 11.4 Å². The Kier molecular flexibility index (Phi) is 5.77. The number of β-lactam (4-membered cyclic amide) rings is 1. The zero-order valence-corrected chi connectivity index (χ0v) is 15.8. The van der Waals surface area contributed by atoms with Gasteiger partial charge >= 0.3 is 12.1 Å². The number of rotatable bonds is 7. The smallest absolute Gasteiger partial charge is 0.404 e. The summed E-state index contributed by atoms with van der Waals surface area (Å²) in [5, 5.41) is 15.0. The quantitative estimate of drug-likeness (QED) is 0.295. The maximum absolute atomic E-state index is 12.6. The Labute approximate surface area is 167 Å². The summed E-state index contributed by atoms with van der Waals surface area (Å²) in [7, 11) is 1.25. The van der Waals surface area contributed by atoms with Crippen molar-refractivity contribution in [3.05, 3.63) is 35.4 Å². The molecule has 13 heteroatoms. The van der Waals surface area contributed by atoms with E-state index < -0.39 is 35.3 Å². The molecule has 1 unspecified atom stereocenters. The second-order valence-corrected chi connectivity index (χ2v) is 6.93. The number of carboxylic acids is 1. The molecule has 154 valence electrons. The Bertz CT molecular complexity index is 910. The van der Waals surface area contributed by atoms with Crippen molar-refractivity contribution in [1.82, 2.24) is 10.2 Å². The molecule has 0 spiro atoms. The minimum absolute atomic E-state index is 0.140. The number of aliphatic carboxylic acids is 1. The van der Waals surface area contributed by atoms with E-state index in [0.29, 0.717) is 0 Å². The molecule has 2 atom stereocenters. The largest absolute Gasteiger partial charge is 0.477 e. The van der Waals surface area contributed by atoms with Crippen LogP contribution in [0.3, 0.4) is 0 Å². The van der Waals surface area contributed by atoms with Crippen molar-refractivity contribution in [2.75, 3.05) is 19.5 Å². The number of hydrogen-bond donors (Lipinski definition) is 3. The molecule has 12 nitrogen and oxygen atoms in total. The van der Waals surface area contributed by atoms with Crippen LogP contribution in [0.25, 0.3) is 0 Å². The van der Waals surface area contributed by atoms with Gasteiger partial charge in [-0.25, -0.2) is 9.59 Å². The Morgan fingerprint density at radius 2 is 2.24 bits per heavy atom. The number of furan rings is 1. The fourth-order valence-corrected chi connectivity index (χ4v) is 4.19. The molecular formula is C16H16N4O8S. The molecule has 1 saturated heterocycles. The predicted molar refractivity (Wildman–Crippen MR) is 97.5 cm³/mol. The highest BCUT2D eigenvalue weighted by Crippen LogP contribution is 2.40. The standard InChI is InChI=1S/C16H16N4O8S/c1-26-19-9(8-3-2-4-27-8)12(21)18-10-13(22)20-11(15(23)24)7(5-28-16(17)25)6-29-14(10)20/h2-4,10,14H,5-6H2,1H3,(H2,17,25)(H,18,21)(H,23,24)/t10?,14-/m0/s1. The minimum atomic E-state index is -1.35. The summed E-state index contributed by atoms with van der Waals surface area (Å²) >= 11 is 1.21. The number of fused-ring (bicyclic) bond motifs is 1. The van der Waals surface area contributed by atoms with Crippen molar-refractivity contribution in [3.8, 4) is 0 Å². The molecule has 1 fully saturated rings. The van der Waals surface area contributed by atoms with Gasteiger partial charge in [-0.05, 0) is 12.1 Å². The molecular weight excluding hydrogens is 408 g/mol. The lowest BCUT2D eigenvalue weighted by atomic mass is 10.0. The average Bonchev–Trinajstić information content (AvgIpc) is 3.21. The summed E-state index contributed by atoms with van der Waals surface area (Å²) in [6.45, 7) is -0.347. The van der Waals surface area contributed by atoms with Crippen LogP contribution in [0, 0.1) is 0 Å². The van der Waals surface area contributed by atoms with E-state index in [-0.39, 0.29) is 35.1 Å². The summed E-state index contributed by atoms with van der Waals surface area (Å²) in [5.41, 5.74) is 4.68. The number of ether oxygens (including phenoxy) is 1. The lowest BCUT2D eigenvalue weighted by molar-refractivity contribution is -0.150. The number of nitrogens with one attached hydrogen (secondary N) is 1. The number of hydrogen-bond acceptors (Lipinski definition) is 9. The van der Waals surface area contributed by atoms with Gasteiger partial charge in [0.05, 0.1) is 6.26 Å². The maximum Gasteiger partial charge on any atom is 0.404 e. The second-order valence-electron chi connectivity index (χ2n) is 5.83. The fourth-order valence-electron chi connectivity index (χ4n) is 2.87. The number of carbonyl (C=O) groups is 4.